The highest BCUT2D eigenvalue weighted by Gasteiger charge is 2.36. The summed E-state index contributed by atoms with van der Waals surface area (Å²) in [5.41, 5.74) is 3.59. The largest absolute Gasteiger partial charge is 0.353 e. The van der Waals surface area contributed by atoms with Crippen molar-refractivity contribution in [2.45, 2.75) is 19.9 Å². The Morgan fingerprint density at radius 1 is 1.16 bits per heavy atom. The van der Waals surface area contributed by atoms with Crippen molar-refractivity contribution in [3.63, 3.8) is 0 Å². The van der Waals surface area contributed by atoms with Gasteiger partial charge in [0.05, 0.1) is 6.04 Å². The van der Waals surface area contributed by atoms with E-state index in [1.54, 1.807) is 0 Å². The number of rotatable bonds is 3. The van der Waals surface area contributed by atoms with Crippen LogP contribution in [0.3, 0.4) is 0 Å². The lowest BCUT2D eigenvalue weighted by Gasteiger charge is -2.32. The molecule has 1 amide bonds. The summed E-state index contributed by atoms with van der Waals surface area (Å²) >= 11 is 8.81. The molecule has 2 aromatic carbocycles. The SMILES string of the molecule is CC1=NC(=S)NC(c2ccccc2Br)C1C(=O)Nc1ccc(C)cc1. The second-order valence-electron chi connectivity index (χ2n) is 6.03. The molecule has 128 valence electrons. The van der Waals surface area contributed by atoms with Crippen molar-refractivity contribution in [1.82, 2.24) is 5.32 Å². The molecule has 4 nitrogen and oxygen atoms in total. The zero-order valence-corrected chi connectivity index (χ0v) is 16.3. The summed E-state index contributed by atoms with van der Waals surface area (Å²) in [4.78, 5) is 17.3. The van der Waals surface area contributed by atoms with Crippen LogP contribution in [0.15, 0.2) is 58.0 Å². The molecule has 1 aliphatic heterocycles. The Morgan fingerprint density at radius 2 is 1.84 bits per heavy atom. The third kappa shape index (κ3) is 3.96. The summed E-state index contributed by atoms with van der Waals surface area (Å²) in [6.45, 7) is 3.85. The molecule has 0 saturated heterocycles. The fourth-order valence-electron chi connectivity index (χ4n) is 2.90. The standard InChI is InChI=1S/C19H18BrN3OS/c1-11-7-9-13(10-8-11)22-18(24)16-12(2)21-19(25)23-17(16)14-5-3-4-6-15(14)20/h3-10,16-17H,1-2H3,(H,22,24)(H,23,25). The van der Waals surface area contributed by atoms with E-state index in [0.29, 0.717) is 10.8 Å². The number of carbonyl (C=O) groups excluding carboxylic acids is 1. The molecule has 2 atom stereocenters. The van der Waals surface area contributed by atoms with Crippen LogP contribution < -0.4 is 10.6 Å². The van der Waals surface area contributed by atoms with Crippen molar-refractivity contribution in [3.8, 4) is 0 Å². The Morgan fingerprint density at radius 3 is 2.52 bits per heavy atom. The molecule has 0 radical (unpaired) electrons. The first-order valence-electron chi connectivity index (χ1n) is 7.93. The van der Waals surface area contributed by atoms with Crippen LogP contribution in [0, 0.1) is 12.8 Å². The van der Waals surface area contributed by atoms with Gasteiger partial charge in [-0.3, -0.25) is 4.79 Å². The second-order valence-corrected chi connectivity index (χ2v) is 7.28. The van der Waals surface area contributed by atoms with Crippen molar-refractivity contribution in [1.29, 1.82) is 0 Å². The van der Waals surface area contributed by atoms with E-state index in [4.69, 9.17) is 12.2 Å². The van der Waals surface area contributed by atoms with E-state index in [0.717, 1.165) is 21.3 Å². The van der Waals surface area contributed by atoms with E-state index < -0.39 is 5.92 Å². The summed E-state index contributed by atoms with van der Waals surface area (Å²) in [5, 5.41) is 6.57. The van der Waals surface area contributed by atoms with Crippen LogP contribution in [0.25, 0.3) is 0 Å². The molecule has 3 rings (SSSR count). The molecule has 0 fully saturated rings. The highest BCUT2D eigenvalue weighted by Crippen LogP contribution is 2.32. The van der Waals surface area contributed by atoms with Gasteiger partial charge in [-0.25, -0.2) is 4.99 Å². The van der Waals surface area contributed by atoms with Crippen molar-refractivity contribution >= 4 is 50.6 Å². The minimum absolute atomic E-state index is 0.110. The van der Waals surface area contributed by atoms with Gasteiger partial charge in [-0.15, -0.1) is 0 Å². The maximum absolute atomic E-state index is 13.0. The first-order valence-corrected chi connectivity index (χ1v) is 9.13. The van der Waals surface area contributed by atoms with E-state index in [1.165, 1.54) is 0 Å². The molecular weight excluding hydrogens is 398 g/mol. The summed E-state index contributed by atoms with van der Waals surface area (Å²) in [7, 11) is 0. The minimum atomic E-state index is -0.452. The van der Waals surface area contributed by atoms with Gasteiger partial charge >= 0.3 is 0 Å². The van der Waals surface area contributed by atoms with Gasteiger partial charge in [0.15, 0.2) is 5.11 Å². The average Bonchev–Trinajstić information content (AvgIpc) is 2.56. The molecule has 25 heavy (non-hydrogen) atoms. The Labute approximate surface area is 160 Å². The third-order valence-corrected chi connectivity index (χ3v) is 5.11. The normalized spacial score (nSPS) is 19.8. The molecule has 0 spiro atoms. The van der Waals surface area contributed by atoms with E-state index in [2.05, 4.69) is 31.6 Å². The lowest BCUT2D eigenvalue weighted by Crippen LogP contribution is -2.45. The number of hydrogen-bond donors (Lipinski definition) is 2. The van der Waals surface area contributed by atoms with Gasteiger partial charge in [-0.2, -0.15) is 0 Å². The van der Waals surface area contributed by atoms with Gasteiger partial charge in [-0.1, -0.05) is 51.8 Å². The molecule has 6 heteroatoms. The van der Waals surface area contributed by atoms with Crippen molar-refractivity contribution in [2.75, 3.05) is 5.32 Å². The van der Waals surface area contributed by atoms with Gasteiger partial charge < -0.3 is 10.6 Å². The van der Waals surface area contributed by atoms with Crippen molar-refractivity contribution in [3.05, 3.63) is 64.1 Å². The fraction of sp³-hybridized carbons (Fsp3) is 0.211. The molecule has 1 aliphatic rings. The zero-order valence-electron chi connectivity index (χ0n) is 13.9. The van der Waals surface area contributed by atoms with E-state index in [1.807, 2.05) is 62.4 Å². The Hall–Kier alpha value is -2.05. The first-order chi connectivity index (χ1) is 12.0. The van der Waals surface area contributed by atoms with E-state index >= 15 is 0 Å². The Bertz CT molecular complexity index is 848. The molecule has 1 heterocycles. The summed E-state index contributed by atoms with van der Waals surface area (Å²) in [6, 6.07) is 15.3. The molecule has 2 unspecified atom stereocenters. The molecule has 0 saturated carbocycles. The molecule has 2 aromatic rings. The monoisotopic (exact) mass is 415 g/mol. The van der Waals surface area contributed by atoms with Gasteiger partial charge in [0.25, 0.3) is 0 Å². The molecule has 0 aliphatic carbocycles. The van der Waals surface area contributed by atoms with Crippen LogP contribution in [0.2, 0.25) is 0 Å². The number of aliphatic imine (C=N–C) groups is 1. The lowest BCUT2D eigenvalue weighted by molar-refractivity contribution is -0.118. The van der Waals surface area contributed by atoms with E-state index in [-0.39, 0.29) is 11.9 Å². The fourth-order valence-corrected chi connectivity index (χ4v) is 3.70. The molecule has 2 N–H and O–H groups in total. The zero-order chi connectivity index (χ0) is 18.0. The number of nitrogens with zero attached hydrogens (tertiary/aromatic N) is 1. The summed E-state index contributed by atoms with van der Waals surface area (Å²) in [5.74, 6) is -0.562. The number of benzene rings is 2. The van der Waals surface area contributed by atoms with Crippen LogP contribution in [-0.2, 0) is 4.79 Å². The second kappa shape index (κ2) is 7.45. The van der Waals surface area contributed by atoms with Gasteiger partial charge in [0.2, 0.25) is 5.91 Å². The summed E-state index contributed by atoms with van der Waals surface area (Å²) < 4.78 is 0.929. The first kappa shape index (κ1) is 17.8. The Kier molecular flexibility index (Phi) is 5.30. The number of hydrogen-bond acceptors (Lipinski definition) is 2. The predicted molar refractivity (Wildman–Crippen MR) is 109 cm³/mol. The predicted octanol–water partition coefficient (Wildman–Crippen LogP) is 4.40. The van der Waals surface area contributed by atoms with Crippen LogP contribution in [0.1, 0.15) is 24.1 Å². The number of carbonyl (C=O) groups is 1. The van der Waals surface area contributed by atoms with Gasteiger partial charge in [0, 0.05) is 15.9 Å². The molecular formula is C19H18BrN3OS. The van der Waals surface area contributed by atoms with Gasteiger partial charge in [0.1, 0.15) is 5.92 Å². The topological polar surface area (TPSA) is 53.5 Å². The number of halogens is 1. The summed E-state index contributed by atoms with van der Waals surface area (Å²) in [6.07, 6.45) is 0. The minimum Gasteiger partial charge on any atom is -0.353 e. The van der Waals surface area contributed by atoms with Crippen molar-refractivity contribution in [2.24, 2.45) is 10.9 Å². The Balaban J connectivity index is 1.93. The van der Waals surface area contributed by atoms with Crippen LogP contribution in [0.4, 0.5) is 5.69 Å². The van der Waals surface area contributed by atoms with Gasteiger partial charge in [-0.05, 0) is 49.8 Å². The maximum Gasteiger partial charge on any atom is 0.235 e. The van der Waals surface area contributed by atoms with Crippen LogP contribution >= 0.6 is 28.1 Å². The third-order valence-electron chi connectivity index (χ3n) is 4.18. The molecule has 0 bridgehead atoms. The number of anilines is 1. The number of aryl methyl sites for hydroxylation is 1. The maximum atomic E-state index is 13.0. The van der Waals surface area contributed by atoms with Crippen LogP contribution in [0.5, 0.6) is 0 Å². The highest BCUT2D eigenvalue weighted by molar-refractivity contribution is 9.10. The lowest BCUT2D eigenvalue weighted by atomic mass is 9.87. The van der Waals surface area contributed by atoms with Crippen LogP contribution in [-0.4, -0.2) is 16.7 Å². The molecule has 0 aromatic heterocycles. The number of thiocarbonyl (C=S) groups is 1. The quantitative estimate of drug-likeness (QED) is 0.730. The smallest absolute Gasteiger partial charge is 0.235 e. The van der Waals surface area contributed by atoms with E-state index in [9.17, 15) is 4.79 Å². The number of nitrogens with one attached hydrogen (secondary N) is 2. The highest BCUT2D eigenvalue weighted by atomic mass is 79.9. The number of amides is 1. The van der Waals surface area contributed by atoms with Crippen molar-refractivity contribution < 1.29 is 4.79 Å². The average molecular weight is 416 g/mol.